The number of hydrogen-bond donors (Lipinski definition) is 1. The summed E-state index contributed by atoms with van der Waals surface area (Å²) >= 11 is 10.6. The molecule has 1 aromatic carbocycles. The molecule has 0 aliphatic carbocycles. The van der Waals surface area contributed by atoms with Gasteiger partial charge in [0.05, 0.1) is 22.6 Å². The van der Waals surface area contributed by atoms with E-state index in [0.29, 0.717) is 20.1 Å². The highest BCUT2D eigenvalue weighted by molar-refractivity contribution is 9.10. The number of ether oxygens (including phenoxy) is 1. The van der Waals surface area contributed by atoms with Gasteiger partial charge in [0.2, 0.25) is 0 Å². The van der Waals surface area contributed by atoms with Crippen molar-refractivity contribution in [2.24, 2.45) is 0 Å². The van der Waals surface area contributed by atoms with Gasteiger partial charge in [0.25, 0.3) is 5.91 Å². The number of anilines is 1. The quantitative estimate of drug-likeness (QED) is 0.270. The first-order valence-electron chi connectivity index (χ1n) is 9.53. The Kier molecular flexibility index (Phi) is 7.07. The Bertz CT molecular complexity index is 1460. The molecule has 4 rings (SSSR count). The fraction of sp³-hybridized carbons (Fsp3) is 0.0435. The van der Waals surface area contributed by atoms with Crippen LogP contribution in [0.2, 0.25) is 5.02 Å². The summed E-state index contributed by atoms with van der Waals surface area (Å²) in [5, 5.41) is 7.51. The lowest BCUT2D eigenvalue weighted by molar-refractivity contribution is 0.0602. The van der Waals surface area contributed by atoms with Crippen molar-refractivity contribution in [1.82, 2.24) is 14.8 Å². The van der Waals surface area contributed by atoms with Gasteiger partial charge in [-0.1, -0.05) is 23.4 Å². The molecule has 0 unspecified atom stereocenters. The third kappa shape index (κ3) is 5.17. The Hall–Kier alpha value is -3.52. The molecular weight excluding hydrogens is 547 g/mol. The first kappa shape index (κ1) is 23.6. The highest BCUT2D eigenvalue weighted by atomic mass is 79.9. The van der Waals surface area contributed by atoms with Crippen LogP contribution in [0.15, 0.2) is 59.3 Å². The monoisotopic (exact) mass is 558 g/mol. The van der Waals surface area contributed by atoms with Gasteiger partial charge in [-0.2, -0.15) is 5.10 Å². The predicted molar refractivity (Wildman–Crippen MR) is 130 cm³/mol. The van der Waals surface area contributed by atoms with Gasteiger partial charge in [0.15, 0.2) is 5.82 Å². The molecule has 0 atom stereocenters. The molecular formula is C23H13BrClFN4O3S. The number of aromatic nitrogens is 3. The molecule has 0 saturated heterocycles. The van der Waals surface area contributed by atoms with Crippen molar-refractivity contribution in [3.8, 4) is 17.7 Å². The first-order valence-corrected chi connectivity index (χ1v) is 11.5. The number of amides is 1. The summed E-state index contributed by atoms with van der Waals surface area (Å²) in [6.07, 6.45) is 1.53. The maximum absolute atomic E-state index is 13.1. The molecule has 4 aromatic rings. The van der Waals surface area contributed by atoms with Crippen LogP contribution in [-0.2, 0) is 4.74 Å². The standard InChI is InChI=1S/C23H13BrClFN4O3S/c1-33-23(32)16-11-15(9-6-13-4-7-14(26)8-5-13)34-22(16)28-21(31)18-12-19(24)29-30(18)20-17(25)3-2-10-27-20/h2-5,7-8,10-12H,1H3,(H,28,31). The Morgan fingerprint density at radius 1 is 1.21 bits per heavy atom. The Labute approximate surface area is 210 Å². The number of methoxy groups -OCH3 is 1. The number of halogens is 3. The van der Waals surface area contributed by atoms with Crippen molar-refractivity contribution in [2.45, 2.75) is 0 Å². The fourth-order valence-corrected chi connectivity index (χ4v) is 4.32. The smallest absolute Gasteiger partial charge is 0.340 e. The summed E-state index contributed by atoms with van der Waals surface area (Å²) in [5.41, 5.74) is 0.877. The van der Waals surface area contributed by atoms with E-state index in [2.05, 4.69) is 43.2 Å². The zero-order valence-electron chi connectivity index (χ0n) is 17.3. The lowest BCUT2D eigenvalue weighted by Gasteiger charge is -2.08. The van der Waals surface area contributed by atoms with E-state index in [4.69, 9.17) is 16.3 Å². The van der Waals surface area contributed by atoms with E-state index in [1.165, 1.54) is 42.3 Å². The Morgan fingerprint density at radius 2 is 1.97 bits per heavy atom. The minimum atomic E-state index is -0.635. The minimum Gasteiger partial charge on any atom is -0.465 e. The second kappa shape index (κ2) is 10.2. The topological polar surface area (TPSA) is 86.1 Å². The second-order valence-corrected chi connectivity index (χ2v) is 8.90. The van der Waals surface area contributed by atoms with Gasteiger partial charge < -0.3 is 10.1 Å². The number of thiophene rings is 1. The molecule has 3 heterocycles. The number of rotatable bonds is 4. The van der Waals surface area contributed by atoms with Crippen LogP contribution >= 0.6 is 38.9 Å². The number of nitrogens with zero attached hydrogens (tertiary/aromatic N) is 3. The molecule has 0 saturated carbocycles. The van der Waals surface area contributed by atoms with Crippen molar-refractivity contribution in [2.75, 3.05) is 12.4 Å². The average molecular weight is 560 g/mol. The Morgan fingerprint density at radius 3 is 2.68 bits per heavy atom. The highest BCUT2D eigenvalue weighted by Gasteiger charge is 2.23. The molecule has 0 aliphatic rings. The third-order valence-corrected chi connectivity index (χ3v) is 6.04. The minimum absolute atomic E-state index is 0.135. The molecule has 3 aromatic heterocycles. The van der Waals surface area contributed by atoms with E-state index in [1.807, 2.05) is 0 Å². The highest BCUT2D eigenvalue weighted by Crippen LogP contribution is 2.30. The van der Waals surface area contributed by atoms with Crippen LogP contribution in [-0.4, -0.2) is 33.8 Å². The van der Waals surface area contributed by atoms with Gasteiger partial charge in [-0.3, -0.25) is 4.79 Å². The number of benzene rings is 1. The van der Waals surface area contributed by atoms with Gasteiger partial charge >= 0.3 is 5.97 Å². The summed E-state index contributed by atoms with van der Waals surface area (Å²) in [7, 11) is 1.24. The lowest BCUT2D eigenvalue weighted by atomic mass is 10.2. The van der Waals surface area contributed by atoms with Crippen LogP contribution in [0.5, 0.6) is 0 Å². The summed E-state index contributed by atoms with van der Waals surface area (Å²) in [5.74, 6) is 4.53. The van der Waals surface area contributed by atoms with E-state index in [1.54, 1.807) is 24.3 Å². The molecule has 170 valence electrons. The van der Waals surface area contributed by atoms with Gasteiger partial charge in [-0.15, -0.1) is 11.3 Å². The summed E-state index contributed by atoms with van der Waals surface area (Å²) in [4.78, 5) is 30.1. The molecule has 11 heteroatoms. The van der Waals surface area contributed by atoms with Crippen LogP contribution in [0.1, 0.15) is 31.3 Å². The molecule has 0 radical (unpaired) electrons. The van der Waals surface area contributed by atoms with E-state index < -0.39 is 11.9 Å². The summed E-state index contributed by atoms with van der Waals surface area (Å²) in [6, 6.07) is 12.0. The zero-order valence-corrected chi connectivity index (χ0v) is 20.5. The predicted octanol–water partition coefficient (Wildman–Crippen LogP) is 5.32. The van der Waals surface area contributed by atoms with Crippen molar-refractivity contribution in [1.29, 1.82) is 0 Å². The number of carbonyl (C=O) groups is 2. The van der Waals surface area contributed by atoms with Gasteiger partial charge in [0.1, 0.15) is 21.1 Å². The second-order valence-electron chi connectivity index (χ2n) is 6.63. The van der Waals surface area contributed by atoms with E-state index in [9.17, 15) is 14.0 Å². The molecule has 34 heavy (non-hydrogen) atoms. The number of esters is 1. The summed E-state index contributed by atoms with van der Waals surface area (Å²) in [6.45, 7) is 0. The largest absolute Gasteiger partial charge is 0.465 e. The molecule has 1 amide bonds. The molecule has 1 N–H and O–H groups in total. The van der Waals surface area contributed by atoms with Crippen LogP contribution in [0.25, 0.3) is 5.82 Å². The maximum atomic E-state index is 13.1. The van der Waals surface area contributed by atoms with Gasteiger partial charge in [-0.25, -0.2) is 18.9 Å². The fourth-order valence-electron chi connectivity index (χ4n) is 2.85. The number of carbonyl (C=O) groups excluding carboxylic acids is 2. The van der Waals surface area contributed by atoms with Crippen molar-refractivity contribution in [3.05, 3.63) is 91.9 Å². The van der Waals surface area contributed by atoms with Gasteiger partial charge in [-0.05, 0) is 58.4 Å². The zero-order chi connectivity index (χ0) is 24.2. The molecule has 7 nitrogen and oxygen atoms in total. The van der Waals surface area contributed by atoms with Crippen LogP contribution in [0.3, 0.4) is 0 Å². The van der Waals surface area contributed by atoms with Crippen LogP contribution in [0, 0.1) is 17.7 Å². The SMILES string of the molecule is COC(=O)c1cc(C#Cc2ccc(F)cc2)sc1NC(=O)c1cc(Br)nn1-c1ncccc1Cl. The van der Waals surface area contributed by atoms with Gasteiger partial charge in [0, 0.05) is 17.8 Å². The number of pyridine rings is 1. The lowest BCUT2D eigenvalue weighted by Crippen LogP contribution is -2.18. The summed E-state index contributed by atoms with van der Waals surface area (Å²) < 4.78 is 19.6. The van der Waals surface area contributed by atoms with Crippen LogP contribution < -0.4 is 5.32 Å². The molecule has 0 fully saturated rings. The normalized spacial score (nSPS) is 10.4. The third-order valence-electron chi connectivity index (χ3n) is 4.39. The van der Waals surface area contributed by atoms with E-state index in [-0.39, 0.29) is 27.9 Å². The molecule has 0 bridgehead atoms. The molecule has 0 spiro atoms. The first-order chi connectivity index (χ1) is 16.4. The number of hydrogen-bond acceptors (Lipinski definition) is 6. The van der Waals surface area contributed by atoms with Crippen LogP contribution in [0.4, 0.5) is 9.39 Å². The number of nitrogens with one attached hydrogen (secondary N) is 1. The van der Waals surface area contributed by atoms with E-state index >= 15 is 0 Å². The maximum Gasteiger partial charge on any atom is 0.340 e. The van der Waals surface area contributed by atoms with Crippen molar-refractivity contribution in [3.63, 3.8) is 0 Å². The van der Waals surface area contributed by atoms with Crippen molar-refractivity contribution < 1.29 is 18.7 Å². The molecule has 0 aliphatic heterocycles. The Balaban J connectivity index is 1.67. The average Bonchev–Trinajstić information content (AvgIpc) is 3.41. The van der Waals surface area contributed by atoms with E-state index in [0.717, 1.165) is 11.3 Å². The van der Waals surface area contributed by atoms with Crippen molar-refractivity contribution >= 4 is 55.7 Å².